The van der Waals surface area contributed by atoms with Gasteiger partial charge in [0.05, 0.1) is 11.1 Å². The lowest BCUT2D eigenvalue weighted by molar-refractivity contribution is 0.102. The molecule has 28 heavy (non-hydrogen) atoms. The number of halogens is 1. The van der Waals surface area contributed by atoms with Crippen molar-refractivity contribution in [2.45, 2.75) is 13.8 Å². The minimum absolute atomic E-state index is 0.0381. The zero-order chi connectivity index (χ0) is 19.8. The molecular formula is C22H17FN2O3. The lowest BCUT2D eigenvalue weighted by Gasteiger charge is -2.08. The zero-order valence-electron chi connectivity index (χ0n) is 15.3. The van der Waals surface area contributed by atoms with Gasteiger partial charge in [-0.3, -0.25) is 4.79 Å². The molecule has 0 unspecified atom stereocenters. The van der Waals surface area contributed by atoms with Crippen molar-refractivity contribution in [2.75, 3.05) is 5.32 Å². The van der Waals surface area contributed by atoms with Crippen LogP contribution in [0.3, 0.4) is 0 Å². The van der Waals surface area contributed by atoms with Crippen molar-refractivity contribution < 1.29 is 18.7 Å². The predicted molar refractivity (Wildman–Crippen MR) is 105 cm³/mol. The number of amides is 1. The number of aryl methyl sites for hydroxylation is 2. The summed E-state index contributed by atoms with van der Waals surface area (Å²) in [4.78, 5) is 16.8. The second-order valence-electron chi connectivity index (χ2n) is 6.59. The summed E-state index contributed by atoms with van der Waals surface area (Å²) in [6, 6.07) is 14.0. The Morgan fingerprint density at radius 1 is 1.07 bits per heavy atom. The maximum absolute atomic E-state index is 13.8. The number of carbonyl (C=O) groups is 1. The monoisotopic (exact) mass is 376 g/mol. The fraction of sp³-hybridized carbons (Fsp3) is 0.0909. The first kappa shape index (κ1) is 17.7. The Kier molecular flexibility index (Phi) is 4.31. The number of carbonyl (C=O) groups excluding carboxylic acids is 1. The average Bonchev–Trinajstić information content (AvgIpc) is 3.06. The second kappa shape index (κ2) is 6.81. The molecule has 1 amide bonds. The third-order valence-electron chi connectivity index (χ3n) is 4.61. The number of aromatic nitrogens is 1. The van der Waals surface area contributed by atoms with Gasteiger partial charge in [-0.05, 0) is 67.4 Å². The van der Waals surface area contributed by atoms with Gasteiger partial charge in [0, 0.05) is 5.69 Å². The van der Waals surface area contributed by atoms with Crippen LogP contribution in [0.5, 0.6) is 5.75 Å². The quantitative estimate of drug-likeness (QED) is 0.481. The lowest BCUT2D eigenvalue weighted by atomic mass is 10.1. The number of aromatic hydroxyl groups is 1. The number of benzene rings is 3. The average molecular weight is 376 g/mol. The minimum Gasteiger partial charge on any atom is -0.507 e. The Balaban J connectivity index is 1.70. The molecule has 0 bridgehead atoms. The molecule has 0 aliphatic heterocycles. The lowest BCUT2D eigenvalue weighted by Crippen LogP contribution is -2.13. The van der Waals surface area contributed by atoms with Gasteiger partial charge in [-0.2, -0.15) is 0 Å². The van der Waals surface area contributed by atoms with Crippen LogP contribution in [0.15, 0.2) is 59.0 Å². The molecule has 0 aliphatic carbocycles. The summed E-state index contributed by atoms with van der Waals surface area (Å²) in [7, 11) is 0. The first-order valence-electron chi connectivity index (χ1n) is 8.69. The molecular weight excluding hydrogens is 359 g/mol. The Morgan fingerprint density at radius 2 is 1.82 bits per heavy atom. The number of nitrogens with zero attached hydrogens (tertiary/aromatic N) is 1. The summed E-state index contributed by atoms with van der Waals surface area (Å²) < 4.78 is 19.6. The van der Waals surface area contributed by atoms with Crippen molar-refractivity contribution in [1.29, 1.82) is 0 Å². The van der Waals surface area contributed by atoms with Crippen LogP contribution >= 0.6 is 0 Å². The van der Waals surface area contributed by atoms with Crippen LogP contribution < -0.4 is 5.32 Å². The van der Waals surface area contributed by atoms with E-state index in [0.717, 1.165) is 11.1 Å². The predicted octanol–water partition coefficient (Wildman–Crippen LogP) is 5.21. The summed E-state index contributed by atoms with van der Waals surface area (Å²) in [5.41, 5.74) is 4.10. The van der Waals surface area contributed by atoms with E-state index in [1.807, 2.05) is 26.0 Å². The van der Waals surface area contributed by atoms with Crippen molar-refractivity contribution in [3.63, 3.8) is 0 Å². The summed E-state index contributed by atoms with van der Waals surface area (Å²) >= 11 is 0. The van der Waals surface area contributed by atoms with Crippen LogP contribution in [0.25, 0.3) is 22.6 Å². The number of fused-ring (bicyclic) bond motifs is 1. The summed E-state index contributed by atoms with van der Waals surface area (Å²) in [5, 5.41) is 12.9. The van der Waals surface area contributed by atoms with Crippen LogP contribution in [0, 0.1) is 19.7 Å². The number of hydrogen-bond donors (Lipinski definition) is 2. The van der Waals surface area contributed by atoms with Crippen LogP contribution in [-0.4, -0.2) is 16.0 Å². The first-order valence-corrected chi connectivity index (χ1v) is 8.69. The molecule has 4 rings (SSSR count). The van der Waals surface area contributed by atoms with Gasteiger partial charge >= 0.3 is 0 Å². The maximum atomic E-state index is 13.8. The molecule has 0 saturated heterocycles. The van der Waals surface area contributed by atoms with Gasteiger partial charge < -0.3 is 14.8 Å². The number of nitrogens with one attached hydrogen (secondary N) is 1. The van der Waals surface area contributed by atoms with E-state index < -0.39 is 11.7 Å². The topological polar surface area (TPSA) is 75.4 Å². The van der Waals surface area contributed by atoms with E-state index >= 15 is 0 Å². The summed E-state index contributed by atoms with van der Waals surface area (Å²) in [6.45, 7) is 3.97. The van der Waals surface area contributed by atoms with Gasteiger partial charge in [0.2, 0.25) is 5.89 Å². The van der Waals surface area contributed by atoms with Gasteiger partial charge in [0.15, 0.2) is 5.58 Å². The smallest absolute Gasteiger partial charge is 0.258 e. The van der Waals surface area contributed by atoms with E-state index in [4.69, 9.17) is 4.42 Å². The van der Waals surface area contributed by atoms with Crippen LogP contribution in [0.1, 0.15) is 21.5 Å². The van der Waals surface area contributed by atoms with Gasteiger partial charge in [0.1, 0.15) is 17.1 Å². The van der Waals surface area contributed by atoms with Crippen molar-refractivity contribution in [2.24, 2.45) is 0 Å². The minimum atomic E-state index is -0.608. The van der Waals surface area contributed by atoms with E-state index in [0.29, 0.717) is 22.4 Å². The number of anilines is 1. The van der Waals surface area contributed by atoms with E-state index in [1.54, 1.807) is 12.1 Å². The number of phenolic OH excluding ortho intramolecular Hbond substituents is 1. The van der Waals surface area contributed by atoms with E-state index in [-0.39, 0.29) is 17.2 Å². The van der Waals surface area contributed by atoms with Gasteiger partial charge in [0.25, 0.3) is 5.91 Å². The van der Waals surface area contributed by atoms with Crippen molar-refractivity contribution >= 4 is 22.7 Å². The van der Waals surface area contributed by atoms with Crippen molar-refractivity contribution in [3.05, 3.63) is 77.1 Å². The van der Waals surface area contributed by atoms with Crippen molar-refractivity contribution in [3.8, 4) is 17.2 Å². The van der Waals surface area contributed by atoms with Crippen LogP contribution in [-0.2, 0) is 0 Å². The number of phenols is 1. The van der Waals surface area contributed by atoms with Crippen LogP contribution in [0.4, 0.5) is 10.1 Å². The molecule has 140 valence electrons. The Bertz CT molecular complexity index is 1170. The third kappa shape index (κ3) is 3.20. The van der Waals surface area contributed by atoms with E-state index in [1.165, 1.54) is 30.3 Å². The Morgan fingerprint density at radius 3 is 2.61 bits per heavy atom. The molecule has 0 aliphatic rings. The Hall–Kier alpha value is -3.67. The number of oxazole rings is 1. The Labute approximate surface area is 160 Å². The van der Waals surface area contributed by atoms with Gasteiger partial charge in [-0.1, -0.05) is 12.1 Å². The summed E-state index contributed by atoms with van der Waals surface area (Å²) in [5.74, 6) is -0.995. The van der Waals surface area contributed by atoms with E-state index in [9.17, 15) is 14.3 Å². The van der Waals surface area contributed by atoms with E-state index in [2.05, 4.69) is 10.3 Å². The highest BCUT2D eigenvalue weighted by molar-refractivity contribution is 6.04. The molecule has 5 nitrogen and oxygen atoms in total. The fourth-order valence-electron chi connectivity index (χ4n) is 2.92. The largest absolute Gasteiger partial charge is 0.507 e. The number of rotatable bonds is 3. The number of hydrogen-bond acceptors (Lipinski definition) is 4. The molecule has 3 aromatic carbocycles. The molecule has 1 aromatic heterocycles. The molecule has 0 saturated carbocycles. The molecule has 2 N–H and O–H groups in total. The van der Waals surface area contributed by atoms with Crippen molar-refractivity contribution in [1.82, 2.24) is 4.98 Å². The zero-order valence-corrected chi connectivity index (χ0v) is 15.3. The van der Waals surface area contributed by atoms with Gasteiger partial charge in [-0.25, -0.2) is 9.37 Å². The summed E-state index contributed by atoms with van der Waals surface area (Å²) in [6.07, 6.45) is 0. The SMILES string of the molecule is Cc1cc2nc(-c3cc(NC(=O)c4ccccc4F)ccc3O)oc2cc1C. The first-order chi connectivity index (χ1) is 13.4. The fourth-order valence-corrected chi connectivity index (χ4v) is 2.92. The second-order valence-corrected chi connectivity index (χ2v) is 6.59. The highest BCUT2D eigenvalue weighted by atomic mass is 19.1. The maximum Gasteiger partial charge on any atom is 0.258 e. The highest BCUT2D eigenvalue weighted by Crippen LogP contribution is 2.34. The molecule has 4 aromatic rings. The standard InChI is InChI=1S/C22H17FN2O3/c1-12-9-18-20(10-13(12)2)28-22(25-18)16-11-14(7-8-19(16)26)24-21(27)15-5-3-4-6-17(15)23/h3-11,26H,1-2H3,(H,24,27). The molecule has 1 heterocycles. The molecule has 0 radical (unpaired) electrons. The van der Waals surface area contributed by atoms with Gasteiger partial charge in [-0.15, -0.1) is 0 Å². The van der Waals surface area contributed by atoms with Crippen LogP contribution in [0.2, 0.25) is 0 Å². The molecule has 0 spiro atoms. The molecule has 0 atom stereocenters. The highest BCUT2D eigenvalue weighted by Gasteiger charge is 2.16. The molecule has 6 heteroatoms. The third-order valence-corrected chi connectivity index (χ3v) is 4.61. The molecule has 0 fully saturated rings. The normalized spacial score (nSPS) is 11.0.